The fourth-order valence-electron chi connectivity index (χ4n) is 2.64. The van der Waals surface area contributed by atoms with Gasteiger partial charge in [0.2, 0.25) is 0 Å². The molecule has 0 heterocycles. The van der Waals surface area contributed by atoms with Gasteiger partial charge in [-0.15, -0.1) is 74.4 Å². The molecule has 0 saturated carbocycles. The van der Waals surface area contributed by atoms with Gasteiger partial charge in [0.1, 0.15) is 0 Å². The molecule has 0 aromatic rings. The SMILES string of the molecule is CCCC[N+](CCCC)(CCCC)CCCC.Cl.Cl.Cl.Cl.Cl.Cl. The molecule has 0 aromatic heterocycles. The van der Waals surface area contributed by atoms with Crippen LogP contribution in [0, 0.1) is 0 Å². The Morgan fingerprint density at radius 3 is 0.696 bits per heavy atom. The van der Waals surface area contributed by atoms with E-state index in [9.17, 15) is 0 Å². The van der Waals surface area contributed by atoms with Crippen LogP contribution < -0.4 is 0 Å². The monoisotopic (exact) mass is 458 g/mol. The topological polar surface area (TPSA) is 0 Å². The quantitative estimate of drug-likeness (QED) is 0.264. The molecule has 7 heteroatoms. The van der Waals surface area contributed by atoms with Crippen molar-refractivity contribution in [3.05, 3.63) is 0 Å². The van der Waals surface area contributed by atoms with Gasteiger partial charge in [-0.3, -0.25) is 0 Å². The van der Waals surface area contributed by atoms with Gasteiger partial charge >= 0.3 is 0 Å². The highest BCUT2D eigenvalue weighted by Crippen LogP contribution is 2.16. The first-order valence-corrected chi connectivity index (χ1v) is 8.09. The smallest absolute Gasteiger partial charge is 0.0786 e. The summed E-state index contributed by atoms with van der Waals surface area (Å²) in [6.07, 6.45) is 11.1. The highest BCUT2D eigenvalue weighted by molar-refractivity contribution is 5.86. The lowest BCUT2D eigenvalue weighted by Crippen LogP contribution is -2.50. The molecule has 0 N–H and O–H groups in total. The minimum atomic E-state index is 0. The predicted octanol–water partition coefficient (Wildman–Crippen LogP) is 7.53. The number of quaternary nitrogens is 1. The second kappa shape index (κ2) is 31.5. The molecule has 0 atom stereocenters. The van der Waals surface area contributed by atoms with Gasteiger partial charge in [-0.25, -0.2) is 0 Å². The zero-order chi connectivity index (χ0) is 13.0. The molecule has 1 nitrogen and oxygen atoms in total. The molecule has 0 aliphatic carbocycles. The summed E-state index contributed by atoms with van der Waals surface area (Å²) in [6.45, 7) is 15.0. The van der Waals surface area contributed by atoms with E-state index in [0.29, 0.717) is 0 Å². The molecule has 0 aliphatic heterocycles. The fourth-order valence-corrected chi connectivity index (χ4v) is 2.64. The van der Waals surface area contributed by atoms with Gasteiger partial charge < -0.3 is 4.48 Å². The lowest BCUT2D eigenvalue weighted by atomic mass is 10.1. The van der Waals surface area contributed by atoms with Crippen LogP contribution in [0.4, 0.5) is 0 Å². The number of rotatable bonds is 12. The van der Waals surface area contributed by atoms with Gasteiger partial charge in [0, 0.05) is 0 Å². The average Bonchev–Trinajstić information content (AvgIpc) is 2.37. The molecule has 0 radical (unpaired) electrons. The summed E-state index contributed by atoms with van der Waals surface area (Å²) >= 11 is 0. The Balaban J connectivity index is -0.0000000853. The normalized spacial score (nSPS) is 8.87. The van der Waals surface area contributed by atoms with Crippen molar-refractivity contribution in [3.8, 4) is 0 Å². The average molecular weight is 461 g/mol. The molecule has 0 aliphatic rings. The third-order valence-corrected chi connectivity index (χ3v) is 3.94. The molecular formula is C16H42Cl6N+. The summed E-state index contributed by atoms with van der Waals surface area (Å²) in [5, 5.41) is 0. The van der Waals surface area contributed by atoms with Crippen molar-refractivity contribution in [2.75, 3.05) is 26.2 Å². The molecule has 152 valence electrons. The third-order valence-electron chi connectivity index (χ3n) is 3.94. The largest absolute Gasteiger partial charge is 0.324 e. The first-order chi connectivity index (χ1) is 8.24. The lowest BCUT2D eigenvalue weighted by Gasteiger charge is -2.39. The maximum atomic E-state index is 2.33. The molecule has 0 spiro atoms. The Morgan fingerprint density at radius 2 is 0.565 bits per heavy atom. The van der Waals surface area contributed by atoms with Crippen LogP contribution in [-0.4, -0.2) is 30.7 Å². The van der Waals surface area contributed by atoms with Crippen molar-refractivity contribution in [3.63, 3.8) is 0 Å². The standard InChI is InChI=1S/C16H36N.6ClH/c1-5-9-13-17(14-10-6-2,15-11-7-3)16-12-8-4;;;;;;/h5-16H2,1-4H3;6*1H/q+1;;;;;;. The van der Waals surface area contributed by atoms with E-state index in [2.05, 4.69) is 27.7 Å². The Morgan fingerprint density at radius 1 is 0.391 bits per heavy atom. The summed E-state index contributed by atoms with van der Waals surface area (Å²) in [4.78, 5) is 0. The van der Waals surface area contributed by atoms with Crippen LogP contribution in [0.15, 0.2) is 0 Å². The van der Waals surface area contributed by atoms with E-state index in [1.807, 2.05) is 0 Å². The van der Waals surface area contributed by atoms with Gasteiger partial charge in [-0.1, -0.05) is 53.4 Å². The van der Waals surface area contributed by atoms with Crippen LogP contribution in [0.3, 0.4) is 0 Å². The predicted molar refractivity (Wildman–Crippen MR) is 123 cm³/mol. The molecule has 23 heavy (non-hydrogen) atoms. The zero-order valence-electron chi connectivity index (χ0n) is 15.4. The highest BCUT2D eigenvalue weighted by atomic mass is 35.5. The summed E-state index contributed by atoms with van der Waals surface area (Å²) in [6, 6.07) is 0. The second-order valence-electron chi connectivity index (χ2n) is 5.65. The number of hydrogen-bond donors (Lipinski definition) is 0. The number of nitrogens with zero attached hydrogens (tertiary/aromatic N) is 1. The fraction of sp³-hybridized carbons (Fsp3) is 1.00. The van der Waals surface area contributed by atoms with Gasteiger partial charge in [-0.05, 0) is 25.7 Å². The van der Waals surface area contributed by atoms with Crippen molar-refractivity contribution < 1.29 is 4.48 Å². The number of hydrogen-bond acceptors (Lipinski definition) is 0. The van der Waals surface area contributed by atoms with Crippen LogP contribution in [0.1, 0.15) is 79.1 Å². The van der Waals surface area contributed by atoms with Gasteiger partial charge in [0.05, 0.1) is 26.2 Å². The minimum absolute atomic E-state index is 0. The minimum Gasteiger partial charge on any atom is -0.324 e. The molecule has 0 aromatic carbocycles. The third kappa shape index (κ3) is 23.7. The molecule has 0 saturated heterocycles. The van der Waals surface area contributed by atoms with Crippen LogP contribution >= 0.6 is 74.4 Å². The van der Waals surface area contributed by atoms with Crippen molar-refractivity contribution in [2.24, 2.45) is 0 Å². The van der Waals surface area contributed by atoms with Crippen molar-refractivity contribution >= 4 is 74.4 Å². The Bertz CT molecular complexity index is 135. The molecule has 0 bridgehead atoms. The van der Waals surface area contributed by atoms with E-state index in [1.54, 1.807) is 0 Å². The van der Waals surface area contributed by atoms with E-state index in [0.717, 1.165) is 0 Å². The Kier molecular flexibility index (Phi) is 60.6. The Labute approximate surface area is 183 Å². The Hall–Kier alpha value is 1.70. The van der Waals surface area contributed by atoms with Gasteiger partial charge in [-0.2, -0.15) is 0 Å². The van der Waals surface area contributed by atoms with Crippen LogP contribution in [0.5, 0.6) is 0 Å². The number of unbranched alkanes of at least 4 members (excludes halogenated alkanes) is 4. The van der Waals surface area contributed by atoms with E-state index < -0.39 is 0 Å². The maximum Gasteiger partial charge on any atom is 0.0786 e. The first-order valence-electron chi connectivity index (χ1n) is 8.09. The maximum absolute atomic E-state index is 2.33. The zero-order valence-corrected chi connectivity index (χ0v) is 20.3. The summed E-state index contributed by atoms with van der Waals surface area (Å²) in [5.74, 6) is 0. The van der Waals surface area contributed by atoms with Crippen LogP contribution in [-0.2, 0) is 0 Å². The first kappa shape index (κ1) is 44.3. The van der Waals surface area contributed by atoms with Gasteiger partial charge in [0.25, 0.3) is 0 Å². The molecule has 0 unspecified atom stereocenters. The number of halogens is 6. The molecule has 0 amide bonds. The van der Waals surface area contributed by atoms with Crippen molar-refractivity contribution in [1.82, 2.24) is 0 Å². The van der Waals surface area contributed by atoms with Crippen molar-refractivity contribution in [2.45, 2.75) is 79.1 Å². The van der Waals surface area contributed by atoms with E-state index in [4.69, 9.17) is 0 Å². The summed E-state index contributed by atoms with van der Waals surface area (Å²) in [5.41, 5.74) is 0. The summed E-state index contributed by atoms with van der Waals surface area (Å²) in [7, 11) is 0. The van der Waals surface area contributed by atoms with Gasteiger partial charge in [0.15, 0.2) is 0 Å². The van der Waals surface area contributed by atoms with E-state index in [1.165, 1.54) is 82.0 Å². The summed E-state index contributed by atoms with van der Waals surface area (Å²) < 4.78 is 1.42. The van der Waals surface area contributed by atoms with E-state index in [-0.39, 0.29) is 74.4 Å². The molecule has 0 rings (SSSR count). The molecular weight excluding hydrogens is 419 g/mol. The van der Waals surface area contributed by atoms with Crippen LogP contribution in [0.25, 0.3) is 0 Å². The van der Waals surface area contributed by atoms with E-state index >= 15 is 0 Å². The second-order valence-corrected chi connectivity index (χ2v) is 5.65. The highest BCUT2D eigenvalue weighted by Gasteiger charge is 2.24. The lowest BCUT2D eigenvalue weighted by molar-refractivity contribution is -0.929. The van der Waals surface area contributed by atoms with Crippen molar-refractivity contribution in [1.29, 1.82) is 0 Å². The van der Waals surface area contributed by atoms with Crippen LogP contribution in [0.2, 0.25) is 0 Å². The molecule has 0 fully saturated rings.